The molecule has 0 radical (unpaired) electrons. The van der Waals surface area contributed by atoms with Crippen LogP contribution in [-0.2, 0) is 21.2 Å². The fourth-order valence-electron chi connectivity index (χ4n) is 2.78. The zero-order valence-electron chi connectivity index (χ0n) is 15.4. The molecule has 0 aliphatic heterocycles. The molecule has 1 N–H and O–H groups in total. The first-order valence-electron chi connectivity index (χ1n) is 8.61. The summed E-state index contributed by atoms with van der Waals surface area (Å²) < 4.78 is 25.1. The Morgan fingerprint density at radius 2 is 1.58 bits per heavy atom. The van der Waals surface area contributed by atoms with E-state index in [1.54, 1.807) is 24.3 Å². The lowest BCUT2D eigenvalue weighted by Crippen LogP contribution is -2.44. The van der Waals surface area contributed by atoms with Crippen LogP contribution in [0.3, 0.4) is 0 Å². The standard InChI is InChI=1S/C20H26N2O3S/c1-16(14-15-17-10-6-4-7-11-17)21-20(23)19(22(2)26(3,24)25)18-12-8-5-9-13-18/h4-13,16,19H,14-15H2,1-3H3,(H,21,23)/t16-,19+/m0/s1. The third-order valence-electron chi connectivity index (χ3n) is 4.35. The second-order valence-electron chi connectivity index (χ2n) is 6.53. The summed E-state index contributed by atoms with van der Waals surface area (Å²) in [4.78, 5) is 12.8. The zero-order valence-corrected chi connectivity index (χ0v) is 16.2. The minimum absolute atomic E-state index is 0.0677. The van der Waals surface area contributed by atoms with Crippen LogP contribution in [0.25, 0.3) is 0 Å². The molecule has 2 atom stereocenters. The molecule has 0 unspecified atom stereocenters. The van der Waals surface area contributed by atoms with Crippen molar-refractivity contribution in [3.05, 3.63) is 71.8 Å². The van der Waals surface area contributed by atoms with Crippen LogP contribution in [0.15, 0.2) is 60.7 Å². The lowest BCUT2D eigenvalue weighted by Gasteiger charge is -2.27. The largest absolute Gasteiger partial charge is 0.352 e. The Kier molecular flexibility index (Phi) is 6.94. The van der Waals surface area contributed by atoms with Crippen LogP contribution in [-0.4, -0.2) is 38.0 Å². The molecule has 1 amide bonds. The van der Waals surface area contributed by atoms with Gasteiger partial charge in [-0.15, -0.1) is 0 Å². The average molecular weight is 375 g/mol. The number of likely N-dealkylation sites (N-methyl/N-ethyl adjacent to an activating group) is 1. The first-order chi connectivity index (χ1) is 12.3. The number of hydrogen-bond acceptors (Lipinski definition) is 3. The van der Waals surface area contributed by atoms with E-state index in [1.165, 1.54) is 12.6 Å². The predicted molar refractivity (Wildman–Crippen MR) is 104 cm³/mol. The Morgan fingerprint density at radius 1 is 1.04 bits per heavy atom. The molecule has 140 valence electrons. The molecule has 0 heterocycles. The summed E-state index contributed by atoms with van der Waals surface area (Å²) in [5, 5.41) is 2.96. The molecule has 6 heteroatoms. The number of nitrogens with one attached hydrogen (secondary N) is 1. The van der Waals surface area contributed by atoms with Gasteiger partial charge in [-0.1, -0.05) is 60.7 Å². The minimum atomic E-state index is -3.51. The molecular weight excluding hydrogens is 348 g/mol. The normalized spacial score (nSPS) is 14.0. The Bertz CT molecular complexity index is 807. The van der Waals surface area contributed by atoms with Crippen LogP contribution < -0.4 is 5.32 Å². The molecule has 2 aromatic rings. The van der Waals surface area contributed by atoms with E-state index in [0.29, 0.717) is 5.56 Å². The molecule has 0 aliphatic carbocycles. The van der Waals surface area contributed by atoms with Crippen LogP contribution in [0.1, 0.15) is 30.5 Å². The third kappa shape index (κ3) is 5.68. The van der Waals surface area contributed by atoms with Gasteiger partial charge >= 0.3 is 0 Å². The van der Waals surface area contributed by atoms with Crippen molar-refractivity contribution in [2.24, 2.45) is 0 Å². The summed E-state index contributed by atoms with van der Waals surface area (Å²) in [7, 11) is -2.08. The third-order valence-corrected chi connectivity index (χ3v) is 5.60. The van der Waals surface area contributed by atoms with Gasteiger partial charge in [-0.25, -0.2) is 8.42 Å². The average Bonchev–Trinajstić information content (AvgIpc) is 2.61. The van der Waals surface area contributed by atoms with E-state index in [1.807, 2.05) is 31.2 Å². The predicted octanol–water partition coefficient (Wildman–Crippen LogP) is 2.76. The number of carbonyl (C=O) groups excluding carboxylic acids is 1. The lowest BCUT2D eigenvalue weighted by atomic mass is 10.0. The van der Waals surface area contributed by atoms with Crippen LogP contribution in [0.4, 0.5) is 0 Å². The van der Waals surface area contributed by atoms with Gasteiger partial charge in [-0.3, -0.25) is 4.79 Å². The molecule has 0 spiro atoms. The van der Waals surface area contributed by atoms with E-state index in [0.717, 1.165) is 23.4 Å². The van der Waals surface area contributed by atoms with Crippen molar-refractivity contribution in [2.75, 3.05) is 13.3 Å². The summed E-state index contributed by atoms with van der Waals surface area (Å²) in [6, 6.07) is 18.1. The summed E-state index contributed by atoms with van der Waals surface area (Å²) in [6.07, 6.45) is 2.73. The molecule has 0 bridgehead atoms. The van der Waals surface area contributed by atoms with Crippen molar-refractivity contribution < 1.29 is 13.2 Å². The smallest absolute Gasteiger partial charge is 0.243 e. The van der Waals surface area contributed by atoms with E-state index < -0.39 is 16.1 Å². The van der Waals surface area contributed by atoms with Crippen LogP contribution >= 0.6 is 0 Å². The molecule has 0 fully saturated rings. The van der Waals surface area contributed by atoms with Gasteiger partial charge < -0.3 is 5.32 Å². The van der Waals surface area contributed by atoms with Crippen molar-refractivity contribution in [2.45, 2.75) is 31.8 Å². The molecule has 5 nitrogen and oxygen atoms in total. The SMILES string of the molecule is C[C@@H](CCc1ccccc1)NC(=O)[C@@H](c1ccccc1)N(C)S(C)(=O)=O. The fraction of sp³-hybridized carbons (Fsp3) is 0.350. The number of nitrogens with zero attached hydrogens (tertiary/aromatic N) is 1. The van der Waals surface area contributed by atoms with E-state index in [9.17, 15) is 13.2 Å². The van der Waals surface area contributed by atoms with Gasteiger partial charge in [0.15, 0.2) is 0 Å². The van der Waals surface area contributed by atoms with Gasteiger partial charge in [0, 0.05) is 13.1 Å². The first-order valence-corrected chi connectivity index (χ1v) is 10.5. The van der Waals surface area contributed by atoms with Gasteiger partial charge in [0.1, 0.15) is 6.04 Å². The van der Waals surface area contributed by atoms with Gasteiger partial charge in [0.25, 0.3) is 0 Å². The number of hydrogen-bond donors (Lipinski definition) is 1. The number of amides is 1. The number of benzene rings is 2. The monoisotopic (exact) mass is 374 g/mol. The summed E-state index contributed by atoms with van der Waals surface area (Å²) in [5.74, 6) is -0.315. The highest BCUT2D eigenvalue weighted by Gasteiger charge is 2.31. The van der Waals surface area contributed by atoms with Crippen molar-refractivity contribution in [3.8, 4) is 0 Å². The highest BCUT2D eigenvalue weighted by molar-refractivity contribution is 7.88. The molecule has 26 heavy (non-hydrogen) atoms. The maximum atomic E-state index is 12.8. The summed E-state index contributed by atoms with van der Waals surface area (Å²) >= 11 is 0. The van der Waals surface area contributed by atoms with Crippen LogP contribution in [0, 0.1) is 0 Å². The van der Waals surface area contributed by atoms with Crippen molar-refractivity contribution >= 4 is 15.9 Å². The number of sulfonamides is 1. The van der Waals surface area contributed by atoms with Gasteiger partial charge in [0.2, 0.25) is 15.9 Å². The quantitative estimate of drug-likeness (QED) is 0.773. The zero-order chi connectivity index (χ0) is 19.2. The van der Waals surface area contributed by atoms with E-state index in [4.69, 9.17) is 0 Å². The van der Waals surface area contributed by atoms with E-state index in [2.05, 4.69) is 17.4 Å². The number of carbonyl (C=O) groups is 1. The van der Waals surface area contributed by atoms with Crippen LogP contribution in [0.2, 0.25) is 0 Å². The molecule has 0 saturated carbocycles. The van der Waals surface area contributed by atoms with Crippen molar-refractivity contribution in [3.63, 3.8) is 0 Å². The highest BCUT2D eigenvalue weighted by Crippen LogP contribution is 2.22. The van der Waals surface area contributed by atoms with Crippen molar-refractivity contribution in [1.29, 1.82) is 0 Å². The van der Waals surface area contributed by atoms with Crippen molar-refractivity contribution in [1.82, 2.24) is 9.62 Å². The Morgan fingerprint density at radius 3 is 2.12 bits per heavy atom. The number of rotatable bonds is 8. The van der Waals surface area contributed by atoms with Crippen LogP contribution in [0.5, 0.6) is 0 Å². The maximum Gasteiger partial charge on any atom is 0.243 e. The fourth-order valence-corrected chi connectivity index (χ4v) is 3.38. The molecule has 0 aliphatic rings. The number of aryl methyl sites for hydroxylation is 1. The second-order valence-corrected chi connectivity index (χ2v) is 8.57. The lowest BCUT2D eigenvalue weighted by molar-refractivity contribution is -0.125. The highest BCUT2D eigenvalue weighted by atomic mass is 32.2. The topological polar surface area (TPSA) is 66.5 Å². The Balaban J connectivity index is 2.08. The van der Waals surface area contributed by atoms with Gasteiger partial charge in [-0.2, -0.15) is 4.31 Å². The van der Waals surface area contributed by atoms with E-state index in [-0.39, 0.29) is 11.9 Å². The maximum absolute atomic E-state index is 12.8. The minimum Gasteiger partial charge on any atom is -0.352 e. The first kappa shape index (κ1) is 20.1. The summed E-state index contributed by atoms with van der Waals surface area (Å²) in [6.45, 7) is 1.93. The van der Waals surface area contributed by atoms with E-state index >= 15 is 0 Å². The molecule has 2 aromatic carbocycles. The molecular formula is C20H26N2O3S. The molecule has 0 saturated heterocycles. The molecule has 0 aromatic heterocycles. The summed E-state index contributed by atoms with van der Waals surface area (Å²) in [5.41, 5.74) is 1.86. The molecule has 2 rings (SSSR count). The van der Waals surface area contributed by atoms with Gasteiger partial charge in [-0.05, 0) is 30.9 Å². The Hall–Kier alpha value is -2.18. The van der Waals surface area contributed by atoms with Gasteiger partial charge in [0.05, 0.1) is 6.26 Å². The Labute approximate surface area is 156 Å². The second kappa shape index (κ2) is 8.96.